The topological polar surface area (TPSA) is 46.5 Å². The Balaban J connectivity index is 1.72. The summed E-state index contributed by atoms with van der Waals surface area (Å²) in [7, 11) is 0. The number of ether oxygens (including phenoxy) is 1. The average Bonchev–Trinajstić information content (AvgIpc) is 2.71. The number of hydrogen-bond donors (Lipinski definition) is 1. The Bertz CT molecular complexity index is 953. The van der Waals surface area contributed by atoms with Gasteiger partial charge in [-0.05, 0) is 75.7 Å². The van der Waals surface area contributed by atoms with Gasteiger partial charge in [0.2, 0.25) is 0 Å². The molecule has 3 aromatic carbocycles. The van der Waals surface area contributed by atoms with E-state index in [2.05, 4.69) is 77.2 Å². The second kappa shape index (κ2) is 10.3. The molecule has 0 radical (unpaired) electrons. The SMILES string of the molecule is O=C(O)COc1ccc(SC/C=C(/c2ccccc2)c2cccc(I)c2)cc1. The third-order valence-electron chi connectivity index (χ3n) is 3.94. The van der Waals surface area contributed by atoms with Crippen molar-refractivity contribution in [2.45, 2.75) is 4.90 Å². The molecule has 5 heteroatoms. The van der Waals surface area contributed by atoms with Gasteiger partial charge in [-0.25, -0.2) is 4.79 Å². The lowest BCUT2D eigenvalue weighted by molar-refractivity contribution is -0.139. The van der Waals surface area contributed by atoms with E-state index in [1.807, 2.05) is 18.2 Å². The van der Waals surface area contributed by atoms with E-state index in [9.17, 15) is 4.79 Å². The molecule has 0 unspecified atom stereocenters. The summed E-state index contributed by atoms with van der Waals surface area (Å²) in [6, 6.07) is 26.4. The third kappa shape index (κ3) is 6.14. The Morgan fingerprint density at radius 1 is 0.964 bits per heavy atom. The van der Waals surface area contributed by atoms with E-state index in [4.69, 9.17) is 9.84 Å². The number of hydrogen-bond acceptors (Lipinski definition) is 3. The van der Waals surface area contributed by atoms with E-state index in [0.29, 0.717) is 5.75 Å². The van der Waals surface area contributed by atoms with Gasteiger partial charge in [-0.15, -0.1) is 11.8 Å². The van der Waals surface area contributed by atoms with Crippen LogP contribution < -0.4 is 4.74 Å². The fourth-order valence-electron chi connectivity index (χ4n) is 2.67. The first-order valence-electron chi connectivity index (χ1n) is 8.71. The number of halogens is 1. The molecular formula is C23H19IO3S. The molecule has 0 aliphatic carbocycles. The lowest BCUT2D eigenvalue weighted by Crippen LogP contribution is -2.09. The van der Waals surface area contributed by atoms with Crippen LogP contribution in [0.2, 0.25) is 0 Å². The molecular weight excluding hydrogens is 483 g/mol. The summed E-state index contributed by atoms with van der Waals surface area (Å²) in [5.41, 5.74) is 3.62. The highest BCUT2D eigenvalue weighted by Crippen LogP contribution is 2.27. The molecule has 0 fully saturated rings. The minimum absolute atomic E-state index is 0.328. The molecule has 0 aliphatic heterocycles. The summed E-state index contributed by atoms with van der Waals surface area (Å²) in [6.07, 6.45) is 2.25. The van der Waals surface area contributed by atoms with Crippen LogP contribution in [0, 0.1) is 3.57 Å². The number of carboxylic acid groups (broad SMARTS) is 1. The standard InChI is InChI=1S/C23H19IO3S/c24-19-8-4-7-18(15-19)22(17-5-2-1-3-6-17)13-14-28-21-11-9-20(10-12-21)27-16-23(25)26/h1-13,15H,14,16H2,(H,25,26)/b22-13-. The van der Waals surface area contributed by atoms with Gasteiger partial charge in [-0.2, -0.15) is 0 Å². The van der Waals surface area contributed by atoms with Crippen molar-refractivity contribution in [1.82, 2.24) is 0 Å². The summed E-state index contributed by atoms with van der Waals surface area (Å²) in [5.74, 6) is 0.407. The zero-order valence-corrected chi connectivity index (χ0v) is 18.0. The van der Waals surface area contributed by atoms with Gasteiger partial charge < -0.3 is 9.84 Å². The number of rotatable bonds is 8. The fraction of sp³-hybridized carbons (Fsp3) is 0.0870. The Hall–Kier alpha value is -2.25. The molecule has 0 spiro atoms. The molecule has 0 aliphatic rings. The minimum Gasteiger partial charge on any atom is -0.482 e. The minimum atomic E-state index is -0.979. The largest absolute Gasteiger partial charge is 0.482 e. The van der Waals surface area contributed by atoms with Crippen molar-refractivity contribution < 1.29 is 14.6 Å². The summed E-state index contributed by atoms with van der Waals surface area (Å²) in [5, 5.41) is 8.67. The lowest BCUT2D eigenvalue weighted by atomic mass is 9.98. The van der Waals surface area contributed by atoms with Crippen molar-refractivity contribution in [3.63, 3.8) is 0 Å². The van der Waals surface area contributed by atoms with Crippen LogP contribution >= 0.6 is 34.4 Å². The van der Waals surface area contributed by atoms with Crippen molar-refractivity contribution in [3.8, 4) is 5.75 Å². The smallest absolute Gasteiger partial charge is 0.341 e. The van der Waals surface area contributed by atoms with Crippen molar-refractivity contribution in [2.24, 2.45) is 0 Å². The van der Waals surface area contributed by atoms with Crippen LogP contribution in [0.3, 0.4) is 0 Å². The zero-order valence-electron chi connectivity index (χ0n) is 15.0. The second-order valence-corrected chi connectivity index (χ2v) is 8.30. The Kier molecular flexibility index (Phi) is 7.56. The van der Waals surface area contributed by atoms with Crippen LogP contribution in [0.25, 0.3) is 5.57 Å². The number of carbonyl (C=O) groups is 1. The Morgan fingerprint density at radius 3 is 2.36 bits per heavy atom. The Morgan fingerprint density at radius 2 is 1.68 bits per heavy atom. The first kappa shape index (κ1) is 20.5. The van der Waals surface area contributed by atoms with Gasteiger partial charge in [0, 0.05) is 14.2 Å². The van der Waals surface area contributed by atoms with E-state index >= 15 is 0 Å². The van der Waals surface area contributed by atoms with E-state index in [0.717, 1.165) is 10.6 Å². The predicted molar refractivity (Wildman–Crippen MR) is 123 cm³/mol. The van der Waals surface area contributed by atoms with Crippen molar-refractivity contribution in [1.29, 1.82) is 0 Å². The second-order valence-electron chi connectivity index (χ2n) is 5.96. The third-order valence-corrected chi connectivity index (χ3v) is 5.55. The number of thioether (sulfide) groups is 1. The molecule has 3 aromatic rings. The van der Waals surface area contributed by atoms with Gasteiger partial charge in [-0.3, -0.25) is 0 Å². The molecule has 3 nitrogen and oxygen atoms in total. The van der Waals surface area contributed by atoms with Gasteiger partial charge in [0.05, 0.1) is 0 Å². The summed E-state index contributed by atoms with van der Waals surface area (Å²) >= 11 is 4.06. The highest BCUT2D eigenvalue weighted by Gasteiger charge is 2.06. The van der Waals surface area contributed by atoms with Crippen LogP contribution in [0.4, 0.5) is 0 Å². The van der Waals surface area contributed by atoms with Gasteiger partial charge in [0.15, 0.2) is 6.61 Å². The van der Waals surface area contributed by atoms with E-state index < -0.39 is 5.97 Å². The first-order chi connectivity index (χ1) is 13.6. The molecule has 0 aromatic heterocycles. The molecule has 0 atom stereocenters. The maximum Gasteiger partial charge on any atom is 0.341 e. The molecule has 3 rings (SSSR count). The number of carboxylic acids is 1. The first-order valence-corrected chi connectivity index (χ1v) is 10.8. The fourth-order valence-corrected chi connectivity index (χ4v) is 3.99. The van der Waals surface area contributed by atoms with Gasteiger partial charge in [0.1, 0.15) is 5.75 Å². The molecule has 0 saturated heterocycles. The van der Waals surface area contributed by atoms with Gasteiger partial charge >= 0.3 is 5.97 Å². The maximum absolute atomic E-state index is 10.6. The quantitative estimate of drug-likeness (QED) is 0.304. The van der Waals surface area contributed by atoms with E-state index in [1.54, 1.807) is 23.9 Å². The molecule has 28 heavy (non-hydrogen) atoms. The number of aliphatic carboxylic acids is 1. The van der Waals surface area contributed by atoms with E-state index in [-0.39, 0.29) is 6.61 Å². The molecule has 0 heterocycles. The highest BCUT2D eigenvalue weighted by atomic mass is 127. The summed E-state index contributed by atoms with van der Waals surface area (Å²) in [6.45, 7) is -0.328. The van der Waals surface area contributed by atoms with Crippen molar-refractivity contribution >= 4 is 45.9 Å². The van der Waals surface area contributed by atoms with Crippen molar-refractivity contribution in [2.75, 3.05) is 12.4 Å². The molecule has 0 saturated carbocycles. The van der Waals surface area contributed by atoms with Crippen LogP contribution in [0.15, 0.2) is 89.8 Å². The highest BCUT2D eigenvalue weighted by molar-refractivity contribution is 14.1. The molecule has 1 N–H and O–H groups in total. The molecule has 0 amide bonds. The zero-order chi connectivity index (χ0) is 19.8. The normalized spacial score (nSPS) is 11.2. The van der Waals surface area contributed by atoms with Crippen LogP contribution in [-0.2, 0) is 4.79 Å². The van der Waals surface area contributed by atoms with Crippen molar-refractivity contribution in [3.05, 3.63) is 99.6 Å². The maximum atomic E-state index is 10.6. The molecule has 0 bridgehead atoms. The van der Waals surface area contributed by atoms with Gasteiger partial charge in [-0.1, -0.05) is 48.5 Å². The predicted octanol–water partition coefficient (Wildman–Crippen LogP) is 5.98. The molecule has 142 valence electrons. The average molecular weight is 502 g/mol. The lowest BCUT2D eigenvalue weighted by Gasteiger charge is -2.10. The number of benzene rings is 3. The van der Waals surface area contributed by atoms with Gasteiger partial charge in [0.25, 0.3) is 0 Å². The monoisotopic (exact) mass is 502 g/mol. The van der Waals surface area contributed by atoms with E-state index in [1.165, 1.54) is 20.3 Å². The Labute approximate surface area is 182 Å². The van der Waals surface area contributed by atoms with Crippen LogP contribution in [0.1, 0.15) is 11.1 Å². The van der Waals surface area contributed by atoms with Crippen LogP contribution in [-0.4, -0.2) is 23.4 Å². The summed E-state index contributed by atoms with van der Waals surface area (Å²) < 4.78 is 6.38. The van der Waals surface area contributed by atoms with Crippen LogP contribution in [0.5, 0.6) is 5.75 Å². The summed E-state index contributed by atoms with van der Waals surface area (Å²) in [4.78, 5) is 11.7.